The highest BCUT2D eigenvalue weighted by Gasteiger charge is 2.50. The van der Waals surface area contributed by atoms with Gasteiger partial charge >= 0.3 is 6.18 Å². The van der Waals surface area contributed by atoms with Crippen LogP contribution in [-0.2, 0) is 10.3 Å². The van der Waals surface area contributed by atoms with Crippen LogP contribution in [0.5, 0.6) is 0 Å². The number of halogens is 4. The van der Waals surface area contributed by atoms with E-state index in [9.17, 15) is 17.6 Å². The van der Waals surface area contributed by atoms with Crippen LogP contribution in [0.4, 0.5) is 17.6 Å². The van der Waals surface area contributed by atoms with E-state index in [0.29, 0.717) is 5.56 Å². The summed E-state index contributed by atoms with van der Waals surface area (Å²) in [5, 5.41) is 0. The lowest BCUT2D eigenvalue weighted by Crippen LogP contribution is -2.46. The van der Waals surface area contributed by atoms with Gasteiger partial charge in [-0.15, -0.1) is 0 Å². The van der Waals surface area contributed by atoms with E-state index in [1.807, 2.05) is 6.92 Å². The number of rotatable bonds is 1. The first-order valence-corrected chi connectivity index (χ1v) is 8.68. The first-order valence-electron chi connectivity index (χ1n) is 7.91. The maximum absolute atomic E-state index is 14.4. The summed E-state index contributed by atoms with van der Waals surface area (Å²) < 4.78 is 62.5. The van der Waals surface area contributed by atoms with Crippen molar-refractivity contribution in [1.29, 1.82) is 0 Å². The van der Waals surface area contributed by atoms with Crippen LogP contribution in [0.3, 0.4) is 0 Å². The molecule has 2 aromatic rings. The van der Waals surface area contributed by atoms with Gasteiger partial charge in [-0.25, -0.2) is 9.38 Å². The molecule has 0 saturated heterocycles. The largest absolute Gasteiger partial charge is 0.452 e. The number of nitrogens with zero attached hydrogens (tertiary/aromatic N) is 2. The second kappa shape index (κ2) is 6.85. The number of ether oxygens (including phenoxy) is 1. The van der Waals surface area contributed by atoms with Crippen molar-refractivity contribution in [3.63, 3.8) is 0 Å². The van der Waals surface area contributed by atoms with Gasteiger partial charge in [0.2, 0.25) is 0 Å². The Kier molecular flexibility index (Phi) is 4.86. The van der Waals surface area contributed by atoms with Crippen LogP contribution in [0.2, 0.25) is 0 Å². The second-order valence-corrected chi connectivity index (χ2v) is 7.16. The number of alkyl halides is 3. The molecule has 4 nitrogen and oxygen atoms in total. The zero-order valence-electron chi connectivity index (χ0n) is 14.4. The van der Waals surface area contributed by atoms with Gasteiger partial charge in [0.05, 0.1) is 16.1 Å². The summed E-state index contributed by atoms with van der Waals surface area (Å²) in [6.45, 7) is 3.23. The van der Waals surface area contributed by atoms with E-state index in [2.05, 4.69) is 25.9 Å². The monoisotopic (exact) mass is 397 g/mol. The average molecular weight is 397 g/mol. The molecular formula is C18H15F4N3OS. The van der Waals surface area contributed by atoms with Crippen molar-refractivity contribution in [2.45, 2.75) is 38.1 Å². The Morgan fingerprint density at radius 3 is 2.67 bits per heavy atom. The molecule has 2 N–H and O–H groups in total. The summed E-state index contributed by atoms with van der Waals surface area (Å²) >= 11 is 1.23. The van der Waals surface area contributed by atoms with Gasteiger partial charge < -0.3 is 10.5 Å². The molecule has 2 atom stereocenters. The van der Waals surface area contributed by atoms with Gasteiger partial charge in [0.15, 0.2) is 6.10 Å². The van der Waals surface area contributed by atoms with Crippen molar-refractivity contribution in [3.05, 3.63) is 51.8 Å². The van der Waals surface area contributed by atoms with Crippen LogP contribution in [0.1, 0.15) is 35.0 Å². The highest BCUT2D eigenvalue weighted by Crippen LogP contribution is 2.40. The molecule has 0 aliphatic carbocycles. The first-order chi connectivity index (χ1) is 12.6. The van der Waals surface area contributed by atoms with Gasteiger partial charge in [-0.1, -0.05) is 5.92 Å². The molecule has 1 aliphatic heterocycles. The summed E-state index contributed by atoms with van der Waals surface area (Å²) in [5.41, 5.74) is 5.17. The molecule has 1 aliphatic rings. The lowest BCUT2D eigenvalue weighted by Gasteiger charge is -2.35. The van der Waals surface area contributed by atoms with Crippen molar-refractivity contribution in [1.82, 2.24) is 4.37 Å². The van der Waals surface area contributed by atoms with Crippen molar-refractivity contribution in [2.75, 3.05) is 0 Å². The Morgan fingerprint density at radius 1 is 1.30 bits per heavy atom. The van der Waals surface area contributed by atoms with Gasteiger partial charge in [0.1, 0.15) is 5.82 Å². The average Bonchev–Trinajstić information content (AvgIpc) is 2.98. The lowest BCUT2D eigenvalue weighted by molar-refractivity contribution is -0.208. The molecule has 9 heteroatoms. The lowest BCUT2D eigenvalue weighted by atomic mass is 9.85. The first kappa shape index (κ1) is 19.2. The maximum atomic E-state index is 14.4. The molecule has 142 valence electrons. The topological polar surface area (TPSA) is 60.5 Å². The minimum absolute atomic E-state index is 0.0183. The van der Waals surface area contributed by atoms with Gasteiger partial charge in [0, 0.05) is 17.5 Å². The van der Waals surface area contributed by atoms with E-state index in [-0.39, 0.29) is 5.56 Å². The van der Waals surface area contributed by atoms with E-state index in [0.717, 1.165) is 16.6 Å². The van der Waals surface area contributed by atoms with Crippen molar-refractivity contribution < 1.29 is 22.3 Å². The summed E-state index contributed by atoms with van der Waals surface area (Å²) in [6, 6.07) is 5.19. The minimum Gasteiger partial charge on any atom is -0.452 e. The third-order valence-corrected chi connectivity index (χ3v) is 4.87. The molecular weight excluding hydrogens is 382 g/mol. The number of aryl methyl sites for hydroxylation is 1. The third-order valence-electron chi connectivity index (χ3n) is 4.07. The van der Waals surface area contributed by atoms with Gasteiger partial charge in [0.25, 0.3) is 6.02 Å². The fourth-order valence-electron chi connectivity index (χ4n) is 2.79. The number of nitrogens with two attached hydrogens (primary N) is 1. The molecule has 27 heavy (non-hydrogen) atoms. The molecule has 1 aromatic carbocycles. The van der Waals surface area contributed by atoms with Gasteiger partial charge in [-0.3, -0.25) is 0 Å². The van der Waals surface area contributed by atoms with Crippen molar-refractivity contribution in [2.24, 2.45) is 10.7 Å². The van der Waals surface area contributed by atoms with E-state index in [4.69, 9.17) is 5.73 Å². The smallest absolute Gasteiger partial charge is 0.425 e. The summed E-state index contributed by atoms with van der Waals surface area (Å²) in [4.78, 5) is 4.68. The van der Waals surface area contributed by atoms with Crippen molar-refractivity contribution in [3.8, 4) is 11.8 Å². The molecule has 0 saturated carbocycles. The van der Waals surface area contributed by atoms with Gasteiger partial charge in [-0.05, 0) is 55.6 Å². The number of benzene rings is 1. The molecule has 0 radical (unpaired) electrons. The van der Waals surface area contributed by atoms with Crippen LogP contribution >= 0.6 is 11.5 Å². The molecule has 0 spiro atoms. The number of aliphatic imine (C=N–C) groups is 1. The number of hydrogen-bond donors (Lipinski definition) is 1. The Labute approximate surface area is 157 Å². The molecule has 3 rings (SSSR count). The SMILES string of the molecule is Cc1cc(C#Cc2ccc(F)c([C@]3(C)C[C@@H](C(F)(F)F)OC(N)=N3)c2)sn1. The Balaban J connectivity index is 1.98. The fraction of sp³-hybridized carbons (Fsp3) is 0.333. The molecule has 0 fully saturated rings. The molecule has 0 amide bonds. The second-order valence-electron chi connectivity index (χ2n) is 6.35. The molecule has 2 heterocycles. The van der Waals surface area contributed by atoms with E-state index < -0.39 is 36.1 Å². The van der Waals surface area contributed by atoms with E-state index >= 15 is 0 Å². The van der Waals surface area contributed by atoms with Crippen LogP contribution in [0.25, 0.3) is 0 Å². The fourth-order valence-corrected chi connectivity index (χ4v) is 3.40. The predicted octanol–water partition coefficient (Wildman–Crippen LogP) is 3.87. The maximum Gasteiger partial charge on any atom is 0.425 e. The number of hydrogen-bond acceptors (Lipinski definition) is 5. The zero-order valence-corrected chi connectivity index (χ0v) is 15.2. The predicted molar refractivity (Wildman–Crippen MR) is 93.8 cm³/mol. The molecule has 0 unspecified atom stereocenters. The third kappa shape index (κ3) is 4.22. The van der Waals surface area contributed by atoms with E-state index in [1.165, 1.54) is 30.6 Å². The Bertz CT molecular complexity index is 957. The Hall–Kier alpha value is -2.60. The number of amidine groups is 1. The Morgan fingerprint density at radius 2 is 2.04 bits per heavy atom. The standard InChI is InChI=1S/C18H15F4N3OS/c1-10-7-12(27-25-10)5-3-11-4-6-14(19)13(8-11)17(2)9-15(18(20,21)22)26-16(23)24-17/h4,6-8,15H,9H2,1-2H3,(H2,23,24)/t15-,17-/m0/s1. The van der Waals surface area contributed by atoms with E-state index in [1.54, 1.807) is 6.07 Å². The minimum atomic E-state index is -4.64. The summed E-state index contributed by atoms with van der Waals surface area (Å²) in [7, 11) is 0. The summed E-state index contributed by atoms with van der Waals surface area (Å²) in [6.07, 6.45) is -7.38. The zero-order chi connectivity index (χ0) is 19.8. The van der Waals surface area contributed by atoms with Gasteiger partial charge in [-0.2, -0.15) is 17.5 Å². The summed E-state index contributed by atoms with van der Waals surface area (Å²) in [5.74, 6) is 5.09. The van der Waals surface area contributed by atoms with Crippen LogP contribution in [0, 0.1) is 24.6 Å². The highest BCUT2D eigenvalue weighted by atomic mass is 32.1. The van der Waals surface area contributed by atoms with Crippen LogP contribution < -0.4 is 5.73 Å². The van der Waals surface area contributed by atoms with Crippen molar-refractivity contribution >= 4 is 17.6 Å². The number of aromatic nitrogens is 1. The molecule has 1 aromatic heterocycles. The van der Waals surface area contributed by atoms with Crippen LogP contribution in [-0.4, -0.2) is 22.7 Å². The highest BCUT2D eigenvalue weighted by molar-refractivity contribution is 7.06. The van der Waals surface area contributed by atoms with Crippen LogP contribution in [0.15, 0.2) is 29.3 Å². The normalized spacial score (nSPS) is 22.4. The molecule has 0 bridgehead atoms. The quantitative estimate of drug-likeness (QED) is 0.587.